The zero-order valence-electron chi connectivity index (χ0n) is 16.3. The Bertz CT molecular complexity index is 1050. The number of fused-ring (bicyclic) bond motifs is 1. The van der Waals surface area contributed by atoms with Crippen molar-refractivity contribution in [3.8, 4) is 0 Å². The second kappa shape index (κ2) is 8.55. The number of nitrogens with zero attached hydrogens (tertiary/aromatic N) is 2. The van der Waals surface area contributed by atoms with Crippen molar-refractivity contribution in [2.45, 2.75) is 26.3 Å². The van der Waals surface area contributed by atoms with E-state index in [-0.39, 0.29) is 11.6 Å². The van der Waals surface area contributed by atoms with Gasteiger partial charge >= 0.3 is 0 Å². The standard InChI is InChI=1S/C21H24N6O2/c1-12(2)7-18(20(22)28)27-16-9-17(19(21(23)29)25-11-16)26-15-4-3-14-10-24-6-5-13(14)8-15/h3-6,8-12,18,26-27H,7H2,1-2H3,(H2,22,28)(H2,23,29)/t18-/m1/s1. The second-order valence-corrected chi connectivity index (χ2v) is 7.28. The van der Waals surface area contributed by atoms with E-state index in [1.807, 2.05) is 38.1 Å². The zero-order valence-corrected chi connectivity index (χ0v) is 16.3. The SMILES string of the molecule is CC(C)C[C@@H](Nc1cnc(C(N)=O)c(Nc2ccc3cnccc3c2)c1)C(N)=O. The first-order valence-corrected chi connectivity index (χ1v) is 9.30. The van der Waals surface area contributed by atoms with Crippen molar-refractivity contribution in [3.63, 3.8) is 0 Å². The first-order chi connectivity index (χ1) is 13.8. The minimum absolute atomic E-state index is 0.102. The van der Waals surface area contributed by atoms with Gasteiger partial charge in [-0.3, -0.25) is 14.6 Å². The number of primary amides is 2. The number of aromatic nitrogens is 2. The highest BCUT2D eigenvalue weighted by molar-refractivity contribution is 5.98. The first-order valence-electron chi connectivity index (χ1n) is 9.30. The van der Waals surface area contributed by atoms with Gasteiger partial charge in [-0.25, -0.2) is 4.98 Å². The van der Waals surface area contributed by atoms with E-state index in [0.29, 0.717) is 17.8 Å². The van der Waals surface area contributed by atoms with Gasteiger partial charge in [-0.05, 0) is 42.0 Å². The number of benzene rings is 1. The molecule has 0 aliphatic carbocycles. The summed E-state index contributed by atoms with van der Waals surface area (Å²) in [6, 6.07) is 8.79. The zero-order chi connectivity index (χ0) is 21.0. The van der Waals surface area contributed by atoms with Crippen LogP contribution in [0.3, 0.4) is 0 Å². The van der Waals surface area contributed by atoms with E-state index in [1.165, 1.54) is 6.20 Å². The fraction of sp³-hybridized carbons (Fsp3) is 0.238. The molecule has 0 fully saturated rings. The first kappa shape index (κ1) is 20.1. The molecule has 0 saturated carbocycles. The average molecular weight is 392 g/mol. The Morgan fingerprint density at radius 1 is 1.03 bits per heavy atom. The number of hydrogen-bond donors (Lipinski definition) is 4. The van der Waals surface area contributed by atoms with Crippen LogP contribution in [-0.4, -0.2) is 27.8 Å². The van der Waals surface area contributed by atoms with Gasteiger partial charge in [0.2, 0.25) is 5.91 Å². The molecule has 0 aliphatic rings. The summed E-state index contributed by atoms with van der Waals surface area (Å²) in [7, 11) is 0. The predicted molar refractivity (Wildman–Crippen MR) is 114 cm³/mol. The van der Waals surface area contributed by atoms with Crippen LogP contribution in [0.4, 0.5) is 17.1 Å². The summed E-state index contributed by atoms with van der Waals surface area (Å²) in [4.78, 5) is 31.9. The van der Waals surface area contributed by atoms with Crippen LogP contribution in [0.2, 0.25) is 0 Å². The molecule has 6 N–H and O–H groups in total. The quantitative estimate of drug-likeness (QED) is 0.465. The van der Waals surface area contributed by atoms with Crippen molar-refractivity contribution in [1.29, 1.82) is 0 Å². The Kier molecular flexibility index (Phi) is 5.92. The number of hydrogen-bond acceptors (Lipinski definition) is 6. The summed E-state index contributed by atoms with van der Waals surface area (Å²) < 4.78 is 0. The van der Waals surface area contributed by atoms with E-state index in [4.69, 9.17) is 11.5 Å². The molecule has 0 spiro atoms. The van der Waals surface area contributed by atoms with E-state index < -0.39 is 17.9 Å². The normalized spacial score (nSPS) is 12.0. The highest BCUT2D eigenvalue weighted by Crippen LogP contribution is 2.26. The highest BCUT2D eigenvalue weighted by Gasteiger charge is 2.18. The molecule has 8 heteroatoms. The number of nitrogens with two attached hydrogens (primary N) is 2. The minimum atomic E-state index is -0.655. The Balaban J connectivity index is 1.91. The summed E-state index contributed by atoms with van der Waals surface area (Å²) in [5.41, 5.74) is 12.8. The van der Waals surface area contributed by atoms with Gasteiger partial charge in [0, 0.05) is 23.5 Å². The maximum atomic E-state index is 11.8. The molecule has 2 aromatic heterocycles. The van der Waals surface area contributed by atoms with Crippen LogP contribution in [0.5, 0.6) is 0 Å². The molecule has 0 aliphatic heterocycles. The highest BCUT2D eigenvalue weighted by atomic mass is 16.1. The molecule has 150 valence electrons. The average Bonchev–Trinajstić information content (AvgIpc) is 2.67. The van der Waals surface area contributed by atoms with Gasteiger partial charge in [-0.15, -0.1) is 0 Å². The summed E-state index contributed by atoms with van der Waals surface area (Å²) in [5.74, 6) is -0.824. The second-order valence-electron chi connectivity index (χ2n) is 7.28. The van der Waals surface area contributed by atoms with Gasteiger partial charge in [0.05, 0.1) is 17.6 Å². The summed E-state index contributed by atoms with van der Waals surface area (Å²) in [6.07, 6.45) is 5.53. The number of carbonyl (C=O) groups is 2. The molecule has 3 aromatic rings. The van der Waals surface area contributed by atoms with Crippen molar-refractivity contribution in [1.82, 2.24) is 9.97 Å². The third kappa shape index (κ3) is 4.98. The summed E-state index contributed by atoms with van der Waals surface area (Å²) in [6.45, 7) is 4.02. The third-order valence-electron chi connectivity index (χ3n) is 4.43. The number of amides is 2. The van der Waals surface area contributed by atoms with Crippen LogP contribution in [0.15, 0.2) is 48.9 Å². The molecular weight excluding hydrogens is 368 g/mol. The fourth-order valence-electron chi connectivity index (χ4n) is 3.07. The van der Waals surface area contributed by atoms with Crippen LogP contribution in [0, 0.1) is 5.92 Å². The molecule has 0 unspecified atom stereocenters. The van der Waals surface area contributed by atoms with E-state index in [9.17, 15) is 9.59 Å². The Labute approximate surface area is 168 Å². The Morgan fingerprint density at radius 2 is 1.83 bits per heavy atom. The fourth-order valence-corrected chi connectivity index (χ4v) is 3.07. The summed E-state index contributed by atoms with van der Waals surface area (Å²) in [5, 5.41) is 8.28. The van der Waals surface area contributed by atoms with Gasteiger partial charge in [0.1, 0.15) is 6.04 Å². The maximum Gasteiger partial charge on any atom is 0.269 e. The monoisotopic (exact) mass is 392 g/mol. The van der Waals surface area contributed by atoms with Crippen molar-refractivity contribution < 1.29 is 9.59 Å². The molecule has 8 nitrogen and oxygen atoms in total. The third-order valence-corrected chi connectivity index (χ3v) is 4.43. The molecule has 2 amide bonds. The van der Waals surface area contributed by atoms with Crippen LogP contribution < -0.4 is 22.1 Å². The molecule has 0 saturated heterocycles. The van der Waals surface area contributed by atoms with Crippen molar-refractivity contribution in [2.75, 3.05) is 10.6 Å². The maximum absolute atomic E-state index is 11.8. The van der Waals surface area contributed by atoms with Gasteiger partial charge in [-0.1, -0.05) is 19.9 Å². The van der Waals surface area contributed by atoms with Crippen molar-refractivity contribution in [2.24, 2.45) is 17.4 Å². The van der Waals surface area contributed by atoms with Crippen LogP contribution in [0.1, 0.15) is 30.8 Å². The van der Waals surface area contributed by atoms with Gasteiger partial charge in [-0.2, -0.15) is 0 Å². The van der Waals surface area contributed by atoms with Gasteiger partial charge < -0.3 is 22.1 Å². The number of pyridine rings is 2. The van der Waals surface area contributed by atoms with Crippen LogP contribution in [-0.2, 0) is 4.79 Å². The van der Waals surface area contributed by atoms with E-state index in [2.05, 4.69) is 20.6 Å². The number of carbonyl (C=O) groups excluding carboxylic acids is 2. The molecule has 0 bridgehead atoms. The lowest BCUT2D eigenvalue weighted by atomic mass is 10.0. The molecule has 1 aromatic carbocycles. The molecule has 0 radical (unpaired) electrons. The largest absolute Gasteiger partial charge is 0.372 e. The van der Waals surface area contributed by atoms with E-state index >= 15 is 0 Å². The topological polar surface area (TPSA) is 136 Å². The van der Waals surface area contributed by atoms with E-state index in [1.54, 1.807) is 18.5 Å². The van der Waals surface area contributed by atoms with Crippen LogP contribution >= 0.6 is 0 Å². The smallest absolute Gasteiger partial charge is 0.269 e. The number of rotatable bonds is 8. The van der Waals surface area contributed by atoms with Crippen LogP contribution in [0.25, 0.3) is 10.8 Å². The van der Waals surface area contributed by atoms with Gasteiger partial charge in [0.25, 0.3) is 5.91 Å². The lowest BCUT2D eigenvalue weighted by molar-refractivity contribution is -0.119. The van der Waals surface area contributed by atoms with E-state index in [0.717, 1.165) is 16.5 Å². The summed E-state index contributed by atoms with van der Waals surface area (Å²) >= 11 is 0. The molecule has 3 rings (SSSR count). The number of anilines is 3. The Hall–Kier alpha value is -3.68. The lowest BCUT2D eigenvalue weighted by Crippen LogP contribution is -2.36. The minimum Gasteiger partial charge on any atom is -0.372 e. The lowest BCUT2D eigenvalue weighted by Gasteiger charge is -2.19. The van der Waals surface area contributed by atoms with Crippen molar-refractivity contribution in [3.05, 3.63) is 54.6 Å². The van der Waals surface area contributed by atoms with Gasteiger partial charge in [0.15, 0.2) is 5.69 Å². The number of nitrogens with one attached hydrogen (secondary N) is 2. The Morgan fingerprint density at radius 3 is 2.52 bits per heavy atom. The molecule has 1 atom stereocenters. The predicted octanol–water partition coefficient (Wildman–Crippen LogP) is 2.78. The van der Waals surface area contributed by atoms with Crippen molar-refractivity contribution >= 4 is 39.6 Å². The molecule has 29 heavy (non-hydrogen) atoms. The molecular formula is C21H24N6O2. The molecule has 2 heterocycles.